The van der Waals surface area contributed by atoms with Crippen LogP contribution in [0.15, 0.2) is 23.4 Å². The number of oxime groups is 1. The van der Waals surface area contributed by atoms with Crippen molar-refractivity contribution in [1.82, 2.24) is 4.98 Å². The lowest BCUT2D eigenvalue weighted by Gasteiger charge is -2.21. The number of hydrogen-bond acceptors (Lipinski definition) is 3. The zero-order valence-electron chi connectivity index (χ0n) is 11.0. The quantitative estimate of drug-likeness (QED) is 0.504. The molecule has 0 saturated heterocycles. The van der Waals surface area contributed by atoms with Crippen molar-refractivity contribution in [2.45, 2.75) is 32.3 Å². The minimum absolute atomic E-state index is 0.0308. The molecule has 4 nitrogen and oxygen atoms in total. The lowest BCUT2D eigenvalue weighted by molar-refractivity contribution is 0.0455. The van der Waals surface area contributed by atoms with Gasteiger partial charge in [-0.3, -0.25) is 0 Å². The Morgan fingerprint density at radius 2 is 2.42 bits per heavy atom. The number of benzene rings is 1. The third-order valence-electron chi connectivity index (χ3n) is 3.84. The molecule has 1 aromatic carbocycles. The highest BCUT2D eigenvalue weighted by Gasteiger charge is 2.24. The third-order valence-corrected chi connectivity index (χ3v) is 3.84. The van der Waals surface area contributed by atoms with Crippen LogP contribution in [0.25, 0.3) is 10.9 Å². The molecular weight excluding hydrogens is 240 g/mol. The van der Waals surface area contributed by atoms with Crippen molar-refractivity contribution in [3.63, 3.8) is 0 Å². The summed E-state index contributed by atoms with van der Waals surface area (Å²) in [5, 5.41) is 13.0. The predicted molar refractivity (Wildman–Crippen MR) is 75.0 cm³/mol. The van der Waals surface area contributed by atoms with Crippen molar-refractivity contribution in [2.75, 3.05) is 6.61 Å². The van der Waals surface area contributed by atoms with Gasteiger partial charge < -0.3 is 14.9 Å². The lowest BCUT2D eigenvalue weighted by atomic mass is 10.00. The molecular formula is C15H18N2O2. The smallest absolute Gasteiger partial charge is 0.103 e. The summed E-state index contributed by atoms with van der Waals surface area (Å²) >= 11 is 0. The number of H-pyrrole nitrogens is 1. The fraction of sp³-hybridized carbons (Fsp3) is 0.400. The van der Waals surface area contributed by atoms with Crippen molar-refractivity contribution in [1.29, 1.82) is 0 Å². The average molecular weight is 258 g/mol. The number of para-hydroxylation sites is 1. The molecule has 0 bridgehead atoms. The molecule has 2 aromatic rings. The second-order valence-electron chi connectivity index (χ2n) is 4.85. The zero-order chi connectivity index (χ0) is 13.2. The van der Waals surface area contributed by atoms with Crippen LogP contribution in [0, 0.1) is 0 Å². The van der Waals surface area contributed by atoms with Gasteiger partial charge in [-0.25, -0.2) is 0 Å². The largest absolute Gasteiger partial charge is 0.411 e. The van der Waals surface area contributed by atoms with Gasteiger partial charge in [0.25, 0.3) is 0 Å². The molecule has 0 fully saturated rings. The summed E-state index contributed by atoms with van der Waals surface area (Å²) in [6.45, 7) is 2.89. The van der Waals surface area contributed by atoms with Crippen LogP contribution in [0.5, 0.6) is 0 Å². The summed E-state index contributed by atoms with van der Waals surface area (Å²) in [6.07, 6.45) is 4.01. The minimum Gasteiger partial charge on any atom is -0.411 e. The van der Waals surface area contributed by atoms with Gasteiger partial charge in [0, 0.05) is 29.2 Å². The highest BCUT2D eigenvalue weighted by atomic mass is 16.5. The Morgan fingerprint density at radius 1 is 1.53 bits per heavy atom. The maximum atomic E-state index is 8.57. The van der Waals surface area contributed by atoms with Crippen LogP contribution in [0.4, 0.5) is 0 Å². The van der Waals surface area contributed by atoms with Crippen LogP contribution in [0.3, 0.4) is 0 Å². The summed E-state index contributed by atoms with van der Waals surface area (Å²) in [5.74, 6) is 0. The molecule has 4 heteroatoms. The van der Waals surface area contributed by atoms with Crippen molar-refractivity contribution >= 4 is 17.1 Å². The van der Waals surface area contributed by atoms with Gasteiger partial charge in [-0.15, -0.1) is 5.16 Å². The van der Waals surface area contributed by atoms with Crippen LogP contribution in [0.1, 0.15) is 36.3 Å². The topological polar surface area (TPSA) is 57.6 Å². The van der Waals surface area contributed by atoms with Gasteiger partial charge in [-0.05, 0) is 24.0 Å². The molecule has 1 aliphatic rings. The monoisotopic (exact) mass is 258 g/mol. The molecule has 2 heterocycles. The molecule has 0 saturated carbocycles. The summed E-state index contributed by atoms with van der Waals surface area (Å²) in [6, 6.07) is 6.45. The van der Waals surface area contributed by atoms with Crippen LogP contribution >= 0.6 is 0 Å². The van der Waals surface area contributed by atoms with Gasteiger partial charge in [-0.1, -0.05) is 25.1 Å². The van der Waals surface area contributed by atoms with Gasteiger partial charge >= 0.3 is 0 Å². The van der Waals surface area contributed by atoms with Crippen molar-refractivity contribution in [2.24, 2.45) is 5.16 Å². The highest BCUT2D eigenvalue weighted by Crippen LogP contribution is 2.35. The molecule has 1 atom stereocenters. The Morgan fingerprint density at radius 3 is 3.21 bits per heavy atom. The Hall–Kier alpha value is -1.81. The van der Waals surface area contributed by atoms with E-state index in [-0.39, 0.29) is 6.10 Å². The van der Waals surface area contributed by atoms with E-state index in [2.05, 4.69) is 35.3 Å². The SMILES string of the molecule is CCc1cccc2c3c([nH]c12)[C@@H](C/C=N/O)OCC3. The average Bonchev–Trinajstić information content (AvgIpc) is 2.84. The van der Waals surface area contributed by atoms with Crippen LogP contribution in [0.2, 0.25) is 0 Å². The highest BCUT2D eigenvalue weighted by molar-refractivity contribution is 5.88. The second-order valence-corrected chi connectivity index (χ2v) is 4.85. The van der Waals surface area contributed by atoms with Crippen LogP contribution in [-0.2, 0) is 17.6 Å². The Bertz CT molecular complexity index is 616. The number of ether oxygens (including phenoxy) is 1. The summed E-state index contributed by atoms with van der Waals surface area (Å²) in [4.78, 5) is 3.53. The maximum Gasteiger partial charge on any atom is 0.103 e. The normalized spacial score (nSPS) is 19.1. The van der Waals surface area contributed by atoms with E-state index in [1.54, 1.807) is 0 Å². The molecule has 2 N–H and O–H groups in total. The molecule has 1 aromatic heterocycles. The molecule has 100 valence electrons. The van der Waals surface area contributed by atoms with E-state index >= 15 is 0 Å². The molecule has 0 unspecified atom stereocenters. The molecule has 0 spiro atoms. The first-order chi connectivity index (χ1) is 9.35. The molecule has 0 amide bonds. The standard InChI is InChI=1S/C15H18N2O2/c1-2-10-4-3-5-11-12-7-9-19-13(6-8-16-18)15(12)17-14(10)11/h3-5,8,13,17-18H,2,6-7,9H2,1H3/b16-8+/t13-/m1/s1. The Labute approximate surface area is 112 Å². The molecule has 0 aliphatic carbocycles. The van der Waals surface area contributed by atoms with Crippen molar-refractivity contribution < 1.29 is 9.94 Å². The first-order valence-corrected chi connectivity index (χ1v) is 6.75. The van der Waals surface area contributed by atoms with Gasteiger partial charge in [0.1, 0.15) is 6.10 Å². The first kappa shape index (κ1) is 12.2. The van der Waals surface area contributed by atoms with E-state index in [0.29, 0.717) is 6.42 Å². The fourth-order valence-electron chi connectivity index (χ4n) is 2.91. The van der Waals surface area contributed by atoms with Gasteiger partial charge in [0.15, 0.2) is 0 Å². The first-order valence-electron chi connectivity index (χ1n) is 6.75. The van der Waals surface area contributed by atoms with E-state index < -0.39 is 0 Å². The second kappa shape index (κ2) is 5.05. The van der Waals surface area contributed by atoms with Gasteiger partial charge in [-0.2, -0.15) is 0 Å². The number of aromatic amines is 1. The van der Waals surface area contributed by atoms with E-state index in [1.165, 1.54) is 28.2 Å². The fourth-order valence-corrected chi connectivity index (χ4v) is 2.91. The van der Waals surface area contributed by atoms with Gasteiger partial charge in [0.2, 0.25) is 0 Å². The number of hydrogen-bond donors (Lipinski definition) is 2. The van der Waals surface area contributed by atoms with Crippen molar-refractivity contribution in [3.8, 4) is 0 Å². The third kappa shape index (κ3) is 2.02. The van der Waals surface area contributed by atoms with E-state index in [9.17, 15) is 0 Å². The number of fused-ring (bicyclic) bond motifs is 3. The predicted octanol–water partition coefficient (Wildman–Crippen LogP) is 3.19. The van der Waals surface area contributed by atoms with Crippen LogP contribution in [-0.4, -0.2) is 23.0 Å². The van der Waals surface area contributed by atoms with E-state index in [0.717, 1.165) is 25.1 Å². The van der Waals surface area contributed by atoms with Gasteiger partial charge in [0.05, 0.1) is 6.61 Å². The van der Waals surface area contributed by atoms with E-state index in [1.807, 2.05) is 0 Å². The number of nitrogens with one attached hydrogen (secondary N) is 1. The Kier molecular flexibility index (Phi) is 3.25. The maximum absolute atomic E-state index is 8.57. The molecule has 19 heavy (non-hydrogen) atoms. The minimum atomic E-state index is -0.0308. The van der Waals surface area contributed by atoms with E-state index in [4.69, 9.17) is 9.94 Å². The summed E-state index contributed by atoms with van der Waals surface area (Å²) < 4.78 is 5.78. The lowest BCUT2D eigenvalue weighted by Crippen LogP contribution is -2.16. The number of rotatable bonds is 3. The number of nitrogens with zero attached hydrogens (tertiary/aromatic N) is 1. The molecule has 1 aliphatic heterocycles. The zero-order valence-corrected chi connectivity index (χ0v) is 11.0. The molecule has 0 radical (unpaired) electrons. The number of aryl methyl sites for hydroxylation is 1. The summed E-state index contributed by atoms with van der Waals surface area (Å²) in [5.41, 5.74) is 5.06. The summed E-state index contributed by atoms with van der Waals surface area (Å²) in [7, 11) is 0. The molecule has 3 rings (SSSR count). The van der Waals surface area contributed by atoms with Crippen molar-refractivity contribution in [3.05, 3.63) is 35.0 Å². The van der Waals surface area contributed by atoms with Crippen LogP contribution < -0.4 is 0 Å². The Balaban J connectivity index is 2.12. The number of aromatic nitrogens is 1.